The molecule has 0 aliphatic carbocycles. The van der Waals surface area contributed by atoms with Crippen LogP contribution in [0, 0.1) is 0 Å². The lowest BCUT2D eigenvalue weighted by Crippen LogP contribution is -2.23. The van der Waals surface area contributed by atoms with Gasteiger partial charge >= 0.3 is 0 Å². The van der Waals surface area contributed by atoms with Gasteiger partial charge in [-0.2, -0.15) is 12.6 Å². The van der Waals surface area contributed by atoms with Crippen molar-refractivity contribution in [3.63, 3.8) is 0 Å². The maximum absolute atomic E-state index is 4.51. The molecule has 88 valence electrons. The Hall–Kier alpha value is -1.41. The van der Waals surface area contributed by atoms with Crippen molar-refractivity contribution in [3.8, 4) is 11.1 Å². The molecule has 0 aliphatic rings. The standard InChI is InChI=1S/C15H17NS/c1-15(2,17)16-14-11-7-6-10-13(14)12-8-4-3-5-9-12/h3-11,16-17H,1-2H3. The lowest BCUT2D eigenvalue weighted by molar-refractivity contribution is 0.831. The minimum Gasteiger partial charge on any atom is -0.371 e. The van der Waals surface area contributed by atoms with Gasteiger partial charge in [-0.25, -0.2) is 0 Å². The summed E-state index contributed by atoms with van der Waals surface area (Å²) in [5, 5.41) is 3.41. The van der Waals surface area contributed by atoms with Gasteiger partial charge in [-0.3, -0.25) is 0 Å². The van der Waals surface area contributed by atoms with E-state index in [1.165, 1.54) is 11.1 Å². The first-order valence-electron chi connectivity index (χ1n) is 5.71. The third kappa shape index (κ3) is 3.27. The van der Waals surface area contributed by atoms with Gasteiger partial charge in [0.2, 0.25) is 0 Å². The van der Waals surface area contributed by atoms with Gasteiger partial charge in [0.05, 0.1) is 4.87 Å². The summed E-state index contributed by atoms with van der Waals surface area (Å²) in [5.74, 6) is 0. The molecule has 0 aliphatic heterocycles. The van der Waals surface area contributed by atoms with Crippen molar-refractivity contribution < 1.29 is 0 Å². The van der Waals surface area contributed by atoms with E-state index < -0.39 is 0 Å². The minimum atomic E-state index is -0.231. The highest BCUT2D eigenvalue weighted by molar-refractivity contribution is 7.81. The number of rotatable bonds is 3. The lowest BCUT2D eigenvalue weighted by atomic mass is 10.0. The van der Waals surface area contributed by atoms with E-state index in [0.29, 0.717) is 0 Å². The molecule has 2 aromatic carbocycles. The SMILES string of the molecule is CC(C)(S)Nc1ccccc1-c1ccccc1. The van der Waals surface area contributed by atoms with E-state index in [-0.39, 0.29) is 4.87 Å². The van der Waals surface area contributed by atoms with E-state index >= 15 is 0 Å². The summed E-state index contributed by atoms with van der Waals surface area (Å²) >= 11 is 4.51. The first-order chi connectivity index (χ1) is 8.06. The zero-order chi connectivity index (χ0) is 12.3. The molecule has 0 heterocycles. The quantitative estimate of drug-likeness (QED) is 0.600. The number of hydrogen-bond acceptors (Lipinski definition) is 2. The third-order valence-electron chi connectivity index (χ3n) is 2.45. The highest BCUT2D eigenvalue weighted by Gasteiger charge is 2.13. The minimum absolute atomic E-state index is 0.231. The van der Waals surface area contributed by atoms with Gasteiger partial charge in [-0.05, 0) is 25.5 Å². The Morgan fingerprint density at radius 3 is 2.12 bits per heavy atom. The first-order valence-corrected chi connectivity index (χ1v) is 6.16. The maximum atomic E-state index is 4.51. The van der Waals surface area contributed by atoms with E-state index in [2.05, 4.69) is 60.4 Å². The Labute approximate surface area is 108 Å². The Morgan fingerprint density at radius 1 is 0.882 bits per heavy atom. The van der Waals surface area contributed by atoms with Crippen molar-refractivity contribution in [2.75, 3.05) is 5.32 Å². The molecule has 0 fully saturated rings. The van der Waals surface area contributed by atoms with Gasteiger partial charge in [0, 0.05) is 11.3 Å². The largest absolute Gasteiger partial charge is 0.371 e. The topological polar surface area (TPSA) is 12.0 Å². The molecule has 2 rings (SSSR count). The normalized spacial score (nSPS) is 11.2. The molecule has 0 unspecified atom stereocenters. The second-order valence-corrected chi connectivity index (χ2v) is 5.71. The zero-order valence-electron chi connectivity index (χ0n) is 10.1. The van der Waals surface area contributed by atoms with Gasteiger partial charge in [-0.1, -0.05) is 48.5 Å². The lowest BCUT2D eigenvalue weighted by Gasteiger charge is -2.23. The van der Waals surface area contributed by atoms with Crippen molar-refractivity contribution in [1.29, 1.82) is 0 Å². The van der Waals surface area contributed by atoms with Crippen molar-refractivity contribution in [2.24, 2.45) is 0 Å². The highest BCUT2D eigenvalue weighted by Crippen LogP contribution is 2.30. The van der Waals surface area contributed by atoms with Crippen LogP contribution in [0.15, 0.2) is 54.6 Å². The van der Waals surface area contributed by atoms with Gasteiger partial charge in [0.1, 0.15) is 0 Å². The van der Waals surface area contributed by atoms with Crippen LogP contribution in [-0.4, -0.2) is 4.87 Å². The molecule has 0 saturated carbocycles. The fourth-order valence-corrected chi connectivity index (χ4v) is 1.91. The van der Waals surface area contributed by atoms with Crippen molar-refractivity contribution in [1.82, 2.24) is 0 Å². The van der Waals surface area contributed by atoms with Crippen LogP contribution in [-0.2, 0) is 0 Å². The van der Waals surface area contributed by atoms with Crippen molar-refractivity contribution in [3.05, 3.63) is 54.6 Å². The second kappa shape index (κ2) is 4.84. The summed E-state index contributed by atoms with van der Waals surface area (Å²) in [6.45, 7) is 4.08. The molecule has 2 heteroatoms. The zero-order valence-corrected chi connectivity index (χ0v) is 11.0. The van der Waals surface area contributed by atoms with Gasteiger partial charge in [-0.15, -0.1) is 0 Å². The average molecular weight is 243 g/mol. The van der Waals surface area contributed by atoms with Crippen LogP contribution in [0.2, 0.25) is 0 Å². The summed E-state index contributed by atoms with van der Waals surface area (Å²) < 4.78 is 0. The van der Waals surface area contributed by atoms with Crippen LogP contribution in [0.4, 0.5) is 5.69 Å². The predicted octanol–water partition coefficient (Wildman–Crippen LogP) is 4.43. The predicted molar refractivity (Wildman–Crippen MR) is 78.6 cm³/mol. The van der Waals surface area contributed by atoms with Crippen molar-refractivity contribution in [2.45, 2.75) is 18.7 Å². The van der Waals surface area contributed by atoms with E-state index in [1.54, 1.807) is 0 Å². The Kier molecular flexibility index (Phi) is 3.43. The van der Waals surface area contributed by atoms with Gasteiger partial charge in [0.25, 0.3) is 0 Å². The van der Waals surface area contributed by atoms with E-state index in [9.17, 15) is 0 Å². The molecule has 0 aromatic heterocycles. The first kappa shape index (κ1) is 12.1. The molecule has 0 spiro atoms. The average Bonchev–Trinajstić information content (AvgIpc) is 2.29. The molecule has 1 N–H and O–H groups in total. The molecule has 0 radical (unpaired) electrons. The summed E-state index contributed by atoms with van der Waals surface area (Å²) in [4.78, 5) is -0.231. The van der Waals surface area contributed by atoms with Crippen LogP contribution in [0.25, 0.3) is 11.1 Å². The molecule has 2 aromatic rings. The molecular weight excluding hydrogens is 226 g/mol. The molecule has 0 atom stereocenters. The number of hydrogen-bond donors (Lipinski definition) is 2. The Balaban J connectivity index is 2.41. The summed E-state index contributed by atoms with van der Waals surface area (Å²) in [5.41, 5.74) is 3.53. The number of benzene rings is 2. The number of thiol groups is 1. The molecule has 0 bridgehead atoms. The van der Waals surface area contributed by atoms with Crippen LogP contribution >= 0.6 is 12.6 Å². The molecular formula is C15H17NS. The van der Waals surface area contributed by atoms with E-state index in [0.717, 1.165) is 5.69 Å². The molecule has 0 amide bonds. The smallest absolute Gasteiger partial charge is 0.0748 e. The Morgan fingerprint density at radius 2 is 1.47 bits per heavy atom. The van der Waals surface area contributed by atoms with E-state index in [4.69, 9.17) is 0 Å². The fraction of sp³-hybridized carbons (Fsp3) is 0.200. The van der Waals surface area contributed by atoms with Crippen LogP contribution < -0.4 is 5.32 Å². The highest BCUT2D eigenvalue weighted by atomic mass is 32.1. The summed E-state index contributed by atoms with van der Waals surface area (Å²) in [7, 11) is 0. The summed E-state index contributed by atoms with van der Waals surface area (Å²) in [6, 6.07) is 18.7. The second-order valence-electron chi connectivity index (χ2n) is 4.60. The van der Waals surface area contributed by atoms with Crippen LogP contribution in [0.3, 0.4) is 0 Å². The molecule has 17 heavy (non-hydrogen) atoms. The molecule has 0 saturated heterocycles. The van der Waals surface area contributed by atoms with Crippen LogP contribution in [0.5, 0.6) is 0 Å². The van der Waals surface area contributed by atoms with Gasteiger partial charge in [0.15, 0.2) is 0 Å². The Bertz CT molecular complexity index is 486. The summed E-state index contributed by atoms with van der Waals surface area (Å²) in [6.07, 6.45) is 0. The number of para-hydroxylation sites is 1. The maximum Gasteiger partial charge on any atom is 0.0748 e. The fourth-order valence-electron chi connectivity index (χ4n) is 1.79. The monoisotopic (exact) mass is 243 g/mol. The molecule has 1 nitrogen and oxygen atoms in total. The third-order valence-corrected chi connectivity index (χ3v) is 2.56. The number of nitrogens with one attached hydrogen (secondary N) is 1. The van der Waals surface area contributed by atoms with Crippen LogP contribution in [0.1, 0.15) is 13.8 Å². The number of anilines is 1. The van der Waals surface area contributed by atoms with E-state index in [1.807, 2.05) is 26.0 Å². The van der Waals surface area contributed by atoms with Gasteiger partial charge < -0.3 is 5.32 Å². The van der Waals surface area contributed by atoms with Crippen molar-refractivity contribution >= 4 is 18.3 Å².